The van der Waals surface area contributed by atoms with E-state index >= 15 is 0 Å². The number of thioether (sulfide) groups is 1. The van der Waals surface area contributed by atoms with Crippen LogP contribution >= 0.6 is 11.8 Å². The number of hydrogen-bond acceptors (Lipinski definition) is 6. The molecule has 3 heterocycles. The van der Waals surface area contributed by atoms with Gasteiger partial charge >= 0.3 is 0 Å². The normalized spacial score (nSPS) is 19.4. The zero-order valence-electron chi connectivity index (χ0n) is 14.6. The molecule has 6 nitrogen and oxygen atoms in total. The second kappa shape index (κ2) is 7.84. The summed E-state index contributed by atoms with van der Waals surface area (Å²) in [6, 6.07) is 13.5. The van der Waals surface area contributed by atoms with Crippen LogP contribution in [-0.2, 0) is 4.79 Å². The summed E-state index contributed by atoms with van der Waals surface area (Å²) in [6.07, 6.45) is 5.60. The number of carbonyl (C=O) groups is 2. The second-order valence-electron chi connectivity index (χ2n) is 6.41. The van der Waals surface area contributed by atoms with E-state index in [9.17, 15) is 9.59 Å². The molecule has 27 heavy (non-hydrogen) atoms. The third-order valence-corrected chi connectivity index (χ3v) is 5.35. The van der Waals surface area contributed by atoms with Crippen molar-refractivity contribution in [3.05, 3.63) is 59.1 Å². The maximum Gasteiger partial charge on any atom is 0.290 e. The van der Waals surface area contributed by atoms with Crippen LogP contribution in [0.25, 0.3) is 6.08 Å². The maximum atomic E-state index is 11.6. The number of piperidine rings is 1. The van der Waals surface area contributed by atoms with Crippen molar-refractivity contribution in [2.45, 2.75) is 18.9 Å². The highest BCUT2D eigenvalue weighted by Gasteiger charge is 2.25. The first-order valence-corrected chi connectivity index (χ1v) is 9.66. The lowest BCUT2D eigenvalue weighted by molar-refractivity contribution is -0.115. The SMILES string of the molecule is O=C1NC(=O)C(=Cc2ccc(OC3CCN(c4ccccn4)CC3)cc2)S1. The Kier molecular flexibility index (Phi) is 5.11. The van der Waals surface area contributed by atoms with Gasteiger partial charge in [0.15, 0.2) is 0 Å². The molecule has 0 saturated carbocycles. The molecule has 0 radical (unpaired) electrons. The molecule has 1 N–H and O–H groups in total. The number of benzene rings is 1. The number of imide groups is 1. The number of nitrogens with zero attached hydrogens (tertiary/aromatic N) is 2. The largest absolute Gasteiger partial charge is 0.490 e. The number of pyridine rings is 1. The van der Waals surface area contributed by atoms with Crippen LogP contribution in [-0.4, -0.2) is 35.3 Å². The van der Waals surface area contributed by atoms with Crippen LogP contribution in [0, 0.1) is 0 Å². The summed E-state index contributed by atoms with van der Waals surface area (Å²) in [5, 5.41) is 1.92. The van der Waals surface area contributed by atoms with Gasteiger partial charge in [-0.25, -0.2) is 4.98 Å². The summed E-state index contributed by atoms with van der Waals surface area (Å²) >= 11 is 0.920. The van der Waals surface area contributed by atoms with Gasteiger partial charge in [0, 0.05) is 32.1 Å². The lowest BCUT2D eigenvalue weighted by atomic mass is 10.1. The van der Waals surface area contributed by atoms with Gasteiger partial charge in [-0.2, -0.15) is 0 Å². The molecule has 7 heteroatoms. The number of hydrogen-bond donors (Lipinski definition) is 1. The number of rotatable bonds is 4. The third kappa shape index (κ3) is 4.31. The van der Waals surface area contributed by atoms with Crippen molar-refractivity contribution in [2.24, 2.45) is 0 Å². The predicted octanol–water partition coefficient (Wildman–Crippen LogP) is 3.45. The molecule has 1 aromatic carbocycles. The zero-order chi connectivity index (χ0) is 18.6. The minimum atomic E-state index is -0.343. The highest BCUT2D eigenvalue weighted by Crippen LogP contribution is 2.27. The highest BCUT2D eigenvalue weighted by molar-refractivity contribution is 8.18. The number of aromatic nitrogens is 1. The Morgan fingerprint density at radius 3 is 2.52 bits per heavy atom. The van der Waals surface area contributed by atoms with Crippen molar-refractivity contribution in [3.8, 4) is 5.75 Å². The van der Waals surface area contributed by atoms with E-state index in [1.165, 1.54) is 0 Å². The number of carbonyl (C=O) groups excluding carboxylic acids is 2. The van der Waals surface area contributed by atoms with E-state index in [0.29, 0.717) is 4.91 Å². The van der Waals surface area contributed by atoms with Crippen molar-refractivity contribution in [2.75, 3.05) is 18.0 Å². The van der Waals surface area contributed by atoms with Crippen LogP contribution in [0.2, 0.25) is 0 Å². The van der Waals surface area contributed by atoms with Gasteiger partial charge in [0.1, 0.15) is 17.7 Å². The summed E-state index contributed by atoms with van der Waals surface area (Å²) in [7, 11) is 0. The van der Waals surface area contributed by atoms with Crippen LogP contribution in [0.4, 0.5) is 10.6 Å². The first-order chi connectivity index (χ1) is 13.2. The molecular weight excluding hydrogens is 362 g/mol. The van der Waals surface area contributed by atoms with Crippen LogP contribution in [0.1, 0.15) is 18.4 Å². The number of anilines is 1. The molecule has 4 rings (SSSR count). The molecule has 0 atom stereocenters. The summed E-state index contributed by atoms with van der Waals surface area (Å²) in [6.45, 7) is 1.85. The summed E-state index contributed by atoms with van der Waals surface area (Å²) in [5.74, 6) is 1.48. The van der Waals surface area contributed by atoms with Gasteiger partial charge in [0.2, 0.25) is 0 Å². The van der Waals surface area contributed by atoms with Crippen LogP contribution in [0.3, 0.4) is 0 Å². The quantitative estimate of drug-likeness (QED) is 0.818. The Hall–Kier alpha value is -2.80. The fourth-order valence-electron chi connectivity index (χ4n) is 3.15. The first-order valence-electron chi connectivity index (χ1n) is 8.85. The van der Waals surface area contributed by atoms with Crippen LogP contribution < -0.4 is 15.0 Å². The van der Waals surface area contributed by atoms with E-state index < -0.39 is 0 Å². The van der Waals surface area contributed by atoms with Crippen molar-refractivity contribution in [1.29, 1.82) is 0 Å². The fraction of sp³-hybridized carbons (Fsp3) is 0.250. The number of amides is 2. The van der Waals surface area contributed by atoms with Crippen molar-refractivity contribution < 1.29 is 14.3 Å². The minimum Gasteiger partial charge on any atom is -0.490 e. The maximum absolute atomic E-state index is 11.6. The van der Waals surface area contributed by atoms with Gasteiger partial charge in [0.05, 0.1) is 4.91 Å². The monoisotopic (exact) mass is 381 g/mol. The molecule has 2 aliphatic heterocycles. The molecule has 2 fully saturated rings. The van der Waals surface area contributed by atoms with E-state index in [1.54, 1.807) is 6.08 Å². The number of ether oxygens (including phenoxy) is 1. The Morgan fingerprint density at radius 1 is 1.11 bits per heavy atom. The molecule has 1 aromatic heterocycles. The molecule has 2 saturated heterocycles. The smallest absolute Gasteiger partial charge is 0.290 e. The van der Waals surface area contributed by atoms with Gasteiger partial charge in [-0.05, 0) is 47.7 Å². The number of nitrogens with one attached hydrogen (secondary N) is 1. The van der Waals surface area contributed by atoms with E-state index in [4.69, 9.17) is 4.74 Å². The molecule has 0 aliphatic carbocycles. The second-order valence-corrected chi connectivity index (χ2v) is 7.43. The molecule has 0 bridgehead atoms. The van der Waals surface area contributed by atoms with Crippen molar-refractivity contribution in [3.63, 3.8) is 0 Å². The molecule has 0 unspecified atom stereocenters. The average molecular weight is 381 g/mol. The van der Waals surface area contributed by atoms with E-state index in [1.807, 2.05) is 48.7 Å². The van der Waals surface area contributed by atoms with Crippen LogP contribution in [0.5, 0.6) is 5.75 Å². The summed E-state index contributed by atoms with van der Waals surface area (Å²) in [4.78, 5) is 29.9. The topological polar surface area (TPSA) is 71.5 Å². The Morgan fingerprint density at radius 2 is 1.89 bits per heavy atom. The average Bonchev–Trinajstić information content (AvgIpc) is 3.01. The molecular formula is C20H19N3O3S. The third-order valence-electron chi connectivity index (χ3n) is 4.54. The van der Waals surface area contributed by atoms with E-state index in [2.05, 4.69) is 15.2 Å². The zero-order valence-corrected chi connectivity index (χ0v) is 15.4. The standard InChI is InChI=1S/C20H19N3O3S/c24-19-17(27-20(25)22-19)13-14-4-6-15(7-5-14)26-16-8-11-23(12-9-16)18-3-1-2-10-21-18/h1-7,10,13,16H,8-9,11-12H2,(H,22,24,25). The van der Waals surface area contributed by atoms with Gasteiger partial charge in [-0.1, -0.05) is 18.2 Å². The molecule has 138 valence electrons. The van der Waals surface area contributed by atoms with Gasteiger partial charge in [0.25, 0.3) is 11.1 Å². The fourth-order valence-corrected chi connectivity index (χ4v) is 3.83. The summed E-state index contributed by atoms with van der Waals surface area (Å²) < 4.78 is 6.10. The van der Waals surface area contributed by atoms with Crippen molar-refractivity contribution >= 4 is 34.8 Å². The molecule has 0 spiro atoms. The first kappa shape index (κ1) is 17.6. The molecule has 2 aromatic rings. The Labute approximate surface area is 161 Å². The molecule has 2 aliphatic rings. The predicted molar refractivity (Wildman–Crippen MR) is 106 cm³/mol. The van der Waals surface area contributed by atoms with Gasteiger partial charge < -0.3 is 9.64 Å². The Bertz CT molecular complexity index is 860. The van der Waals surface area contributed by atoms with Gasteiger partial charge in [-0.3, -0.25) is 14.9 Å². The van der Waals surface area contributed by atoms with E-state index in [-0.39, 0.29) is 17.3 Å². The lowest BCUT2D eigenvalue weighted by Gasteiger charge is -2.32. The Balaban J connectivity index is 1.32. The summed E-state index contributed by atoms with van der Waals surface area (Å²) in [5.41, 5.74) is 0.861. The van der Waals surface area contributed by atoms with Gasteiger partial charge in [-0.15, -0.1) is 0 Å². The minimum absolute atomic E-state index is 0.183. The van der Waals surface area contributed by atoms with E-state index in [0.717, 1.165) is 54.8 Å². The molecule has 2 amide bonds. The van der Waals surface area contributed by atoms with Crippen molar-refractivity contribution in [1.82, 2.24) is 10.3 Å². The lowest BCUT2D eigenvalue weighted by Crippen LogP contribution is -2.38. The van der Waals surface area contributed by atoms with Crippen LogP contribution in [0.15, 0.2) is 53.6 Å². The highest BCUT2D eigenvalue weighted by atomic mass is 32.2.